The number of carbonyl (C=O) groups excluding carboxylic acids is 1. The molecular weight excluding hydrogens is 166 g/mol. The molecule has 4 heteroatoms. The highest BCUT2D eigenvalue weighted by molar-refractivity contribution is 5.72. The Morgan fingerprint density at radius 3 is 3.08 bits per heavy atom. The summed E-state index contributed by atoms with van der Waals surface area (Å²) in [4.78, 5) is 13.1. The number of rotatable bonds is 4. The second kappa shape index (κ2) is 5.19. The van der Waals surface area contributed by atoms with Crippen molar-refractivity contribution in [2.75, 3.05) is 26.2 Å². The van der Waals surface area contributed by atoms with Crippen molar-refractivity contribution in [1.29, 1.82) is 0 Å². The Kier molecular flexibility index (Phi) is 4.18. The van der Waals surface area contributed by atoms with Crippen LogP contribution in [0.5, 0.6) is 0 Å². The molecule has 1 rings (SSSR count). The molecule has 0 aromatic rings. The number of nitrogens with one attached hydrogen (secondary N) is 1. The minimum absolute atomic E-state index is 0.0552. The molecule has 0 saturated carbocycles. The van der Waals surface area contributed by atoms with Crippen molar-refractivity contribution in [2.45, 2.75) is 25.8 Å². The van der Waals surface area contributed by atoms with Crippen LogP contribution >= 0.6 is 0 Å². The third kappa shape index (κ3) is 3.32. The maximum absolute atomic E-state index is 10.7. The number of nitrogens with zero attached hydrogens (tertiary/aromatic N) is 1. The lowest BCUT2D eigenvalue weighted by molar-refractivity contribution is -0.119. The second-order valence-corrected chi connectivity index (χ2v) is 3.56. The number of nitrogens with two attached hydrogens (primary N) is 1. The summed E-state index contributed by atoms with van der Waals surface area (Å²) < 4.78 is 0. The van der Waals surface area contributed by atoms with Crippen LogP contribution in [0.25, 0.3) is 0 Å². The first-order valence-electron chi connectivity index (χ1n) is 4.92. The Morgan fingerprint density at radius 2 is 2.46 bits per heavy atom. The van der Waals surface area contributed by atoms with Crippen LogP contribution in [0.1, 0.15) is 19.8 Å². The largest absolute Gasteiger partial charge is 0.355 e. The topological polar surface area (TPSA) is 58.4 Å². The molecule has 1 aliphatic heterocycles. The predicted octanol–water partition coefficient (Wildman–Crippen LogP) is -0.454. The van der Waals surface area contributed by atoms with Gasteiger partial charge in [-0.1, -0.05) is 0 Å². The highest BCUT2D eigenvalue weighted by Gasteiger charge is 2.23. The van der Waals surface area contributed by atoms with Crippen molar-refractivity contribution in [3.63, 3.8) is 0 Å². The molecule has 0 bridgehead atoms. The van der Waals surface area contributed by atoms with Gasteiger partial charge in [0.15, 0.2) is 0 Å². The van der Waals surface area contributed by atoms with Gasteiger partial charge in [0, 0.05) is 32.6 Å². The summed E-state index contributed by atoms with van der Waals surface area (Å²) in [5.74, 6) is 0.0552. The van der Waals surface area contributed by atoms with Crippen molar-refractivity contribution in [1.82, 2.24) is 10.2 Å². The summed E-state index contributed by atoms with van der Waals surface area (Å²) in [6.07, 6.45) is 2.41. The van der Waals surface area contributed by atoms with Crippen molar-refractivity contribution < 1.29 is 4.79 Å². The SMILES string of the molecule is CC(=O)NCC1CCCN1CCN. The summed E-state index contributed by atoms with van der Waals surface area (Å²) in [7, 11) is 0. The molecule has 1 atom stereocenters. The molecule has 1 heterocycles. The van der Waals surface area contributed by atoms with E-state index in [-0.39, 0.29) is 5.91 Å². The fourth-order valence-corrected chi connectivity index (χ4v) is 1.85. The van der Waals surface area contributed by atoms with Crippen LogP contribution in [-0.4, -0.2) is 43.0 Å². The molecule has 1 saturated heterocycles. The maximum atomic E-state index is 10.7. The predicted molar refractivity (Wildman–Crippen MR) is 52.3 cm³/mol. The molecular formula is C9H19N3O. The molecule has 0 spiro atoms. The zero-order valence-corrected chi connectivity index (χ0v) is 8.25. The maximum Gasteiger partial charge on any atom is 0.216 e. The Bertz CT molecular complexity index is 172. The van der Waals surface area contributed by atoms with E-state index >= 15 is 0 Å². The van der Waals surface area contributed by atoms with Gasteiger partial charge in [-0.3, -0.25) is 9.69 Å². The Hall–Kier alpha value is -0.610. The van der Waals surface area contributed by atoms with Gasteiger partial charge in [-0.05, 0) is 19.4 Å². The number of amides is 1. The molecule has 1 unspecified atom stereocenters. The van der Waals surface area contributed by atoms with Crippen LogP contribution in [-0.2, 0) is 4.79 Å². The minimum Gasteiger partial charge on any atom is -0.355 e. The molecule has 1 aliphatic rings. The highest BCUT2D eigenvalue weighted by Crippen LogP contribution is 2.15. The number of hydrogen-bond acceptors (Lipinski definition) is 3. The van der Waals surface area contributed by atoms with Gasteiger partial charge in [0.1, 0.15) is 0 Å². The molecule has 0 aromatic carbocycles. The molecule has 0 aromatic heterocycles. The molecule has 0 aliphatic carbocycles. The fraction of sp³-hybridized carbons (Fsp3) is 0.889. The fourth-order valence-electron chi connectivity index (χ4n) is 1.85. The highest BCUT2D eigenvalue weighted by atomic mass is 16.1. The monoisotopic (exact) mass is 185 g/mol. The van der Waals surface area contributed by atoms with E-state index in [4.69, 9.17) is 5.73 Å². The normalized spacial score (nSPS) is 23.4. The first-order valence-corrected chi connectivity index (χ1v) is 4.92. The van der Waals surface area contributed by atoms with Gasteiger partial charge in [0.05, 0.1) is 0 Å². The smallest absolute Gasteiger partial charge is 0.216 e. The number of likely N-dealkylation sites (tertiary alicyclic amines) is 1. The Morgan fingerprint density at radius 1 is 1.69 bits per heavy atom. The van der Waals surface area contributed by atoms with Crippen LogP contribution < -0.4 is 11.1 Å². The van der Waals surface area contributed by atoms with Gasteiger partial charge in [-0.15, -0.1) is 0 Å². The van der Waals surface area contributed by atoms with Gasteiger partial charge in [-0.2, -0.15) is 0 Å². The van der Waals surface area contributed by atoms with E-state index in [0.717, 1.165) is 19.6 Å². The van der Waals surface area contributed by atoms with E-state index in [1.54, 1.807) is 6.92 Å². The van der Waals surface area contributed by atoms with E-state index in [2.05, 4.69) is 10.2 Å². The quantitative estimate of drug-likeness (QED) is 0.623. The van der Waals surface area contributed by atoms with E-state index in [9.17, 15) is 4.79 Å². The van der Waals surface area contributed by atoms with Crippen molar-refractivity contribution in [3.8, 4) is 0 Å². The Labute approximate surface area is 79.5 Å². The van der Waals surface area contributed by atoms with Gasteiger partial charge >= 0.3 is 0 Å². The standard InChI is InChI=1S/C9H19N3O/c1-8(13)11-7-9-3-2-5-12(9)6-4-10/h9H,2-7,10H2,1H3,(H,11,13). The van der Waals surface area contributed by atoms with Crippen LogP contribution in [0.4, 0.5) is 0 Å². The average molecular weight is 185 g/mol. The minimum atomic E-state index is 0.0552. The molecule has 3 N–H and O–H groups in total. The van der Waals surface area contributed by atoms with E-state index < -0.39 is 0 Å². The zero-order chi connectivity index (χ0) is 9.68. The first kappa shape index (κ1) is 10.5. The summed E-state index contributed by atoms with van der Waals surface area (Å²) in [5, 5.41) is 2.85. The van der Waals surface area contributed by atoms with E-state index in [0.29, 0.717) is 12.6 Å². The Balaban J connectivity index is 2.26. The lowest BCUT2D eigenvalue weighted by Gasteiger charge is -2.23. The van der Waals surface area contributed by atoms with Gasteiger partial charge in [0.2, 0.25) is 5.91 Å². The van der Waals surface area contributed by atoms with Gasteiger partial charge in [0.25, 0.3) is 0 Å². The van der Waals surface area contributed by atoms with Crippen LogP contribution in [0.15, 0.2) is 0 Å². The van der Waals surface area contributed by atoms with Crippen LogP contribution in [0.2, 0.25) is 0 Å². The summed E-state index contributed by atoms with van der Waals surface area (Å²) >= 11 is 0. The third-order valence-corrected chi connectivity index (χ3v) is 2.50. The summed E-state index contributed by atoms with van der Waals surface area (Å²) in [6, 6.07) is 0.507. The zero-order valence-electron chi connectivity index (χ0n) is 8.25. The van der Waals surface area contributed by atoms with Crippen molar-refractivity contribution in [3.05, 3.63) is 0 Å². The van der Waals surface area contributed by atoms with E-state index in [1.807, 2.05) is 0 Å². The molecule has 0 radical (unpaired) electrons. The van der Waals surface area contributed by atoms with Crippen molar-refractivity contribution in [2.24, 2.45) is 5.73 Å². The molecule has 76 valence electrons. The van der Waals surface area contributed by atoms with Gasteiger partial charge in [-0.25, -0.2) is 0 Å². The average Bonchev–Trinajstić information content (AvgIpc) is 2.49. The third-order valence-electron chi connectivity index (χ3n) is 2.50. The lowest BCUT2D eigenvalue weighted by atomic mass is 10.2. The van der Waals surface area contributed by atoms with Crippen LogP contribution in [0.3, 0.4) is 0 Å². The summed E-state index contributed by atoms with van der Waals surface area (Å²) in [6.45, 7) is 5.11. The molecule has 1 amide bonds. The van der Waals surface area contributed by atoms with Crippen molar-refractivity contribution >= 4 is 5.91 Å². The number of hydrogen-bond donors (Lipinski definition) is 2. The first-order chi connectivity index (χ1) is 6.24. The summed E-state index contributed by atoms with van der Waals surface area (Å²) in [5.41, 5.74) is 5.50. The lowest BCUT2D eigenvalue weighted by Crippen LogP contribution is -2.41. The molecule has 1 fully saturated rings. The van der Waals surface area contributed by atoms with E-state index in [1.165, 1.54) is 12.8 Å². The van der Waals surface area contributed by atoms with Crippen LogP contribution in [0, 0.1) is 0 Å². The van der Waals surface area contributed by atoms with Gasteiger partial charge < -0.3 is 11.1 Å². The number of carbonyl (C=O) groups is 1. The molecule has 4 nitrogen and oxygen atoms in total. The molecule has 13 heavy (non-hydrogen) atoms. The second-order valence-electron chi connectivity index (χ2n) is 3.56.